The molecule has 0 saturated heterocycles. The molecule has 0 heterocycles. The van der Waals surface area contributed by atoms with Crippen molar-refractivity contribution < 1.29 is 8.42 Å². The summed E-state index contributed by atoms with van der Waals surface area (Å²) in [5, 5.41) is 0. The van der Waals surface area contributed by atoms with E-state index in [0.29, 0.717) is 0 Å². The summed E-state index contributed by atoms with van der Waals surface area (Å²) in [6.45, 7) is 8.41. The van der Waals surface area contributed by atoms with Crippen molar-refractivity contribution in [3.05, 3.63) is 70.8 Å². The van der Waals surface area contributed by atoms with Gasteiger partial charge in [0.2, 0.25) is 11.4 Å². The van der Waals surface area contributed by atoms with Crippen LogP contribution in [0.15, 0.2) is 48.5 Å². The number of rotatable bonds is 6. The molecule has 0 aliphatic carbocycles. The average molecular weight is 834 g/mol. The van der Waals surface area contributed by atoms with E-state index in [-0.39, 0.29) is 11.8 Å². The van der Waals surface area contributed by atoms with Crippen molar-refractivity contribution in [2.75, 3.05) is 0 Å². The van der Waals surface area contributed by atoms with Crippen LogP contribution in [0.2, 0.25) is 0 Å². The first-order chi connectivity index (χ1) is 12.4. The molecule has 2 nitrogen and oxygen atoms in total. The Kier molecular flexibility index (Phi) is 8.38. The first-order valence-corrected chi connectivity index (χ1v) is 14.3. The van der Waals surface area contributed by atoms with Crippen molar-refractivity contribution >= 4 is 100 Å². The number of sulfone groups is 1. The quantitative estimate of drug-likeness (QED) is 0.219. The van der Waals surface area contributed by atoms with Crippen LogP contribution >= 0.6 is 90.4 Å². The molecule has 7 heteroatoms. The van der Waals surface area contributed by atoms with Crippen LogP contribution in [-0.2, 0) is 11.4 Å². The van der Waals surface area contributed by atoms with E-state index >= 15 is 0 Å². The van der Waals surface area contributed by atoms with E-state index in [2.05, 4.69) is 118 Å². The minimum Gasteiger partial charge on any atom is -0.224 e. The zero-order chi connectivity index (χ0) is 20.6. The molecule has 0 amide bonds. The van der Waals surface area contributed by atoms with Gasteiger partial charge in [-0.15, -0.1) is 0 Å². The normalized spacial score (nSPS) is 13.4. The summed E-state index contributed by atoms with van der Waals surface area (Å²) < 4.78 is 25.8. The van der Waals surface area contributed by atoms with Gasteiger partial charge in [-0.2, -0.15) is 0 Å². The highest BCUT2D eigenvalue weighted by Gasteiger charge is 2.55. The van der Waals surface area contributed by atoms with Gasteiger partial charge in [-0.25, -0.2) is 8.42 Å². The van der Waals surface area contributed by atoms with E-state index in [9.17, 15) is 8.42 Å². The summed E-state index contributed by atoms with van der Waals surface area (Å²) in [6, 6.07) is 15.8. The predicted molar refractivity (Wildman–Crippen MR) is 149 cm³/mol. The van der Waals surface area contributed by atoms with Gasteiger partial charge in [-0.3, -0.25) is 0 Å². The zero-order valence-corrected chi connectivity index (χ0v) is 25.0. The second-order valence-corrected chi connectivity index (χ2v) is 22.8. The zero-order valence-electron chi connectivity index (χ0n) is 15.5. The Morgan fingerprint density at radius 1 is 0.667 bits per heavy atom. The summed E-state index contributed by atoms with van der Waals surface area (Å²) in [5.74, 6) is 0.502. The van der Waals surface area contributed by atoms with E-state index in [1.807, 2.05) is 48.5 Å². The van der Waals surface area contributed by atoms with E-state index in [1.165, 1.54) is 0 Å². The lowest BCUT2D eigenvalue weighted by Gasteiger charge is -2.34. The Morgan fingerprint density at radius 3 is 1.26 bits per heavy atom. The van der Waals surface area contributed by atoms with Gasteiger partial charge in [0.15, 0.2) is 0 Å². The first kappa shape index (κ1) is 24.6. The van der Waals surface area contributed by atoms with Crippen LogP contribution in [-0.4, -0.2) is 8.42 Å². The molecule has 0 bridgehead atoms. The van der Waals surface area contributed by atoms with Gasteiger partial charge in [0.1, 0.15) is 0 Å². The fraction of sp³-hybridized carbons (Fsp3) is 0.400. The molecule has 0 aliphatic rings. The van der Waals surface area contributed by atoms with Gasteiger partial charge >= 0.3 is 0 Å². The Hall–Kier alpha value is 1.31. The number of alkyl halides is 4. The predicted octanol–water partition coefficient (Wildman–Crippen LogP) is 8.01. The van der Waals surface area contributed by atoms with Crippen LogP contribution in [0.25, 0.3) is 0 Å². The number of benzene rings is 2. The molecule has 148 valence electrons. The van der Waals surface area contributed by atoms with Crippen LogP contribution in [0.1, 0.15) is 61.8 Å². The molecular formula is C20H22I4O2S. The molecule has 0 radical (unpaired) electrons. The van der Waals surface area contributed by atoms with Crippen LogP contribution in [0.4, 0.5) is 0 Å². The van der Waals surface area contributed by atoms with Crippen molar-refractivity contribution in [1.29, 1.82) is 0 Å². The lowest BCUT2D eigenvalue weighted by atomic mass is 9.98. The van der Waals surface area contributed by atoms with Gasteiger partial charge in [0, 0.05) is 0 Å². The summed E-state index contributed by atoms with van der Waals surface area (Å²) >= 11 is 8.45. The Labute approximate surface area is 217 Å². The maximum absolute atomic E-state index is 14.0. The molecule has 27 heavy (non-hydrogen) atoms. The summed E-state index contributed by atoms with van der Waals surface area (Å²) in [4.78, 5) is 0. The van der Waals surface area contributed by atoms with Crippen molar-refractivity contribution in [3.8, 4) is 0 Å². The highest BCUT2D eigenvalue weighted by Crippen LogP contribution is 2.59. The van der Waals surface area contributed by atoms with Gasteiger partial charge in [0.05, 0.1) is 0 Å². The summed E-state index contributed by atoms with van der Waals surface area (Å²) in [6.07, 6.45) is 0. The van der Waals surface area contributed by atoms with E-state index in [0.717, 1.165) is 22.3 Å². The minimum atomic E-state index is -3.61. The second kappa shape index (κ2) is 9.21. The van der Waals surface area contributed by atoms with Gasteiger partial charge in [-0.05, 0) is 124 Å². The maximum Gasteiger partial charge on any atom is 0.207 e. The van der Waals surface area contributed by atoms with Crippen LogP contribution < -0.4 is 0 Å². The van der Waals surface area contributed by atoms with Crippen molar-refractivity contribution in [1.82, 2.24) is 0 Å². The Bertz CT molecular complexity index is 850. The molecule has 0 N–H and O–H groups in total. The maximum atomic E-state index is 14.0. The average Bonchev–Trinajstić information content (AvgIpc) is 2.61. The molecule has 2 aromatic carbocycles. The van der Waals surface area contributed by atoms with Crippen LogP contribution in [0, 0.1) is 0 Å². The molecule has 0 fully saturated rings. The standard InChI is InChI=1S/C20H22I4O2S/c1-13(2)15-9-5-7-11-17(15)19(21,22)27(25,26)20(23,24)18-12-8-6-10-16(18)14(3)4/h5-14H,1-4H3. The lowest BCUT2D eigenvalue weighted by Crippen LogP contribution is -2.36. The molecule has 0 aromatic heterocycles. The van der Waals surface area contributed by atoms with Gasteiger partial charge in [0.25, 0.3) is 0 Å². The third kappa shape index (κ3) is 4.65. The largest absolute Gasteiger partial charge is 0.224 e. The number of hydrogen-bond acceptors (Lipinski definition) is 2. The Balaban J connectivity index is 2.71. The summed E-state index contributed by atoms with van der Waals surface area (Å²) in [7, 11) is -3.61. The molecule has 0 unspecified atom stereocenters. The van der Waals surface area contributed by atoms with E-state index in [4.69, 9.17) is 0 Å². The topological polar surface area (TPSA) is 34.1 Å². The molecule has 0 saturated carbocycles. The van der Waals surface area contributed by atoms with Crippen molar-refractivity contribution in [3.63, 3.8) is 0 Å². The molecule has 0 aliphatic heterocycles. The second-order valence-electron chi connectivity index (χ2n) is 7.02. The molecular weight excluding hydrogens is 812 g/mol. The van der Waals surface area contributed by atoms with Gasteiger partial charge in [-0.1, -0.05) is 76.2 Å². The third-order valence-electron chi connectivity index (χ3n) is 4.47. The fourth-order valence-corrected chi connectivity index (χ4v) is 15.2. The van der Waals surface area contributed by atoms with Gasteiger partial charge < -0.3 is 0 Å². The first-order valence-electron chi connectivity index (χ1n) is 8.54. The highest BCUT2D eigenvalue weighted by molar-refractivity contribution is 14.2. The lowest BCUT2D eigenvalue weighted by molar-refractivity contribution is 0.591. The smallest absolute Gasteiger partial charge is 0.207 e. The monoisotopic (exact) mass is 834 g/mol. The number of halogens is 4. The minimum absolute atomic E-state index is 0.251. The highest BCUT2D eigenvalue weighted by atomic mass is 127. The number of hydrogen-bond donors (Lipinski definition) is 0. The summed E-state index contributed by atoms with van der Waals surface area (Å²) in [5.41, 5.74) is 3.87. The molecule has 2 rings (SSSR count). The molecule has 0 atom stereocenters. The van der Waals surface area contributed by atoms with Crippen molar-refractivity contribution in [2.24, 2.45) is 0 Å². The Morgan fingerprint density at radius 2 is 0.963 bits per heavy atom. The molecule has 2 aromatic rings. The van der Waals surface area contributed by atoms with Crippen LogP contribution in [0.5, 0.6) is 0 Å². The van der Waals surface area contributed by atoms with E-state index < -0.39 is 11.4 Å². The third-order valence-corrected chi connectivity index (χ3v) is 15.5. The fourth-order valence-electron chi connectivity index (χ4n) is 2.98. The SMILES string of the molecule is CC(C)c1ccccc1C(I)(I)S(=O)(=O)C(I)(I)c1ccccc1C(C)C. The van der Waals surface area contributed by atoms with E-state index in [1.54, 1.807) is 0 Å². The molecule has 0 spiro atoms. The van der Waals surface area contributed by atoms with Crippen molar-refractivity contribution in [2.45, 2.75) is 41.1 Å². The van der Waals surface area contributed by atoms with Crippen LogP contribution in [0.3, 0.4) is 0 Å².